The zero-order valence-electron chi connectivity index (χ0n) is 16.2. The van der Waals surface area contributed by atoms with Gasteiger partial charge in [-0.3, -0.25) is 9.59 Å². The van der Waals surface area contributed by atoms with Crippen LogP contribution in [0.15, 0.2) is 30.3 Å². The number of carbonyl (C=O) groups is 2. The zero-order chi connectivity index (χ0) is 19.0. The Balaban J connectivity index is 1.83. The van der Waals surface area contributed by atoms with Crippen LogP contribution in [-0.2, 0) is 0 Å². The number of aryl methyl sites for hydroxylation is 1. The standard InChI is InChI=1S/C21H27N3O2/c1-14-12-20(17(4)25)16(3)24(14)19-8-6-18(7-9-19)21(26)23-11-10-22(5)15(2)13-23/h6-9,12,15H,10-11,13H2,1-5H3/t15-/m0/s1. The van der Waals surface area contributed by atoms with Crippen LogP contribution in [0.2, 0.25) is 0 Å². The number of nitrogens with zero attached hydrogens (tertiary/aromatic N) is 3. The Kier molecular flexibility index (Phi) is 5.01. The van der Waals surface area contributed by atoms with E-state index in [4.69, 9.17) is 0 Å². The Morgan fingerprint density at radius 1 is 1.08 bits per heavy atom. The Bertz CT molecular complexity index is 836. The molecule has 3 rings (SSSR count). The normalized spacial score (nSPS) is 18.2. The van der Waals surface area contributed by atoms with E-state index in [1.54, 1.807) is 6.92 Å². The summed E-state index contributed by atoms with van der Waals surface area (Å²) in [4.78, 5) is 28.8. The fourth-order valence-corrected chi connectivity index (χ4v) is 3.69. The van der Waals surface area contributed by atoms with Crippen LogP contribution >= 0.6 is 0 Å². The predicted octanol–water partition coefficient (Wildman–Crippen LogP) is 3.07. The molecule has 2 aromatic rings. The van der Waals surface area contributed by atoms with Crippen LogP contribution in [0.5, 0.6) is 0 Å². The summed E-state index contributed by atoms with van der Waals surface area (Å²) >= 11 is 0. The van der Waals surface area contributed by atoms with Crippen LogP contribution in [0.3, 0.4) is 0 Å². The van der Waals surface area contributed by atoms with E-state index in [2.05, 4.69) is 23.4 Å². The van der Waals surface area contributed by atoms with Crippen molar-refractivity contribution in [1.82, 2.24) is 14.4 Å². The van der Waals surface area contributed by atoms with Crippen LogP contribution in [0, 0.1) is 13.8 Å². The summed E-state index contributed by atoms with van der Waals surface area (Å²) in [6.45, 7) is 10.1. The summed E-state index contributed by atoms with van der Waals surface area (Å²) in [5, 5.41) is 0. The highest BCUT2D eigenvalue weighted by Crippen LogP contribution is 2.22. The van der Waals surface area contributed by atoms with Crippen molar-refractivity contribution in [3.05, 3.63) is 52.8 Å². The minimum absolute atomic E-state index is 0.0698. The van der Waals surface area contributed by atoms with Crippen molar-refractivity contribution in [2.75, 3.05) is 26.7 Å². The van der Waals surface area contributed by atoms with Crippen LogP contribution < -0.4 is 0 Å². The summed E-state index contributed by atoms with van der Waals surface area (Å²) in [6.07, 6.45) is 0. The number of carbonyl (C=O) groups excluding carboxylic acids is 2. The Labute approximate surface area is 155 Å². The average Bonchev–Trinajstić information content (AvgIpc) is 2.91. The molecular weight excluding hydrogens is 326 g/mol. The first-order chi connectivity index (χ1) is 12.3. The molecule has 1 atom stereocenters. The number of hydrogen-bond donors (Lipinski definition) is 0. The van der Waals surface area contributed by atoms with Gasteiger partial charge in [0.2, 0.25) is 0 Å². The Hall–Kier alpha value is -2.40. The van der Waals surface area contributed by atoms with Gasteiger partial charge in [0, 0.05) is 53.9 Å². The van der Waals surface area contributed by atoms with Gasteiger partial charge in [-0.15, -0.1) is 0 Å². The number of benzene rings is 1. The molecule has 0 spiro atoms. The molecule has 0 bridgehead atoms. The van der Waals surface area contributed by atoms with Crippen LogP contribution in [-0.4, -0.2) is 58.8 Å². The molecule has 1 aromatic carbocycles. The van der Waals surface area contributed by atoms with Gasteiger partial charge < -0.3 is 14.4 Å². The second kappa shape index (κ2) is 7.08. The van der Waals surface area contributed by atoms with E-state index in [0.717, 1.165) is 42.3 Å². The van der Waals surface area contributed by atoms with Gasteiger partial charge in [-0.05, 0) is 65.1 Å². The molecule has 0 radical (unpaired) electrons. The molecule has 0 unspecified atom stereocenters. The highest BCUT2D eigenvalue weighted by atomic mass is 16.2. The lowest BCUT2D eigenvalue weighted by Crippen LogP contribution is -2.52. The summed E-state index contributed by atoms with van der Waals surface area (Å²) in [5.41, 5.74) is 4.37. The maximum atomic E-state index is 12.8. The second-order valence-electron chi connectivity index (χ2n) is 7.30. The number of Topliss-reactive ketones (excluding diaryl/α,β-unsaturated/α-hetero) is 1. The third kappa shape index (κ3) is 3.31. The molecule has 0 N–H and O–H groups in total. The van der Waals surface area contributed by atoms with E-state index in [1.807, 2.05) is 49.1 Å². The third-order valence-corrected chi connectivity index (χ3v) is 5.43. The molecule has 1 aliphatic rings. The first kappa shape index (κ1) is 18.4. The van der Waals surface area contributed by atoms with Crippen LogP contribution in [0.1, 0.15) is 46.0 Å². The van der Waals surface area contributed by atoms with E-state index in [9.17, 15) is 9.59 Å². The Morgan fingerprint density at radius 3 is 2.27 bits per heavy atom. The number of ketones is 1. The predicted molar refractivity (Wildman–Crippen MR) is 103 cm³/mol. The number of rotatable bonds is 3. The molecule has 2 heterocycles. The van der Waals surface area contributed by atoms with Gasteiger partial charge in [0.15, 0.2) is 5.78 Å². The second-order valence-corrected chi connectivity index (χ2v) is 7.30. The number of aromatic nitrogens is 1. The molecule has 1 aliphatic heterocycles. The zero-order valence-corrected chi connectivity index (χ0v) is 16.2. The lowest BCUT2D eigenvalue weighted by Gasteiger charge is -2.37. The molecule has 1 saturated heterocycles. The highest BCUT2D eigenvalue weighted by molar-refractivity contribution is 5.96. The largest absolute Gasteiger partial charge is 0.336 e. The van der Waals surface area contributed by atoms with E-state index in [-0.39, 0.29) is 11.7 Å². The average molecular weight is 353 g/mol. The molecule has 1 aromatic heterocycles. The number of amides is 1. The first-order valence-corrected chi connectivity index (χ1v) is 9.09. The Morgan fingerprint density at radius 2 is 1.73 bits per heavy atom. The van der Waals surface area contributed by atoms with Crippen LogP contribution in [0.4, 0.5) is 0 Å². The minimum atomic E-state index is 0.0698. The SMILES string of the molecule is CC(=O)c1cc(C)n(-c2ccc(C(=O)N3CCN(C)[C@@H](C)C3)cc2)c1C. The van der Waals surface area contributed by atoms with E-state index < -0.39 is 0 Å². The van der Waals surface area contributed by atoms with Crippen molar-refractivity contribution in [2.45, 2.75) is 33.7 Å². The smallest absolute Gasteiger partial charge is 0.253 e. The molecule has 0 aliphatic carbocycles. The quantitative estimate of drug-likeness (QED) is 0.797. The monoisotopic (exact) mass is 353 g/mol. The summed E-state index contributed by atoms with van der Waals surface area (Å²) in [6, 6.07) is 9.97. The van der Waals surface area contributed by atoms with Gasteiger partial charge in [-0.2, -0.15) is 0 Å². The molecule has 1 amide bonds. The van der Waals surface area contributed by atoms with Crippen molar-refractivity contribution >= 4 is 11.7 Å². The lowest BCUT2D eigenvalue weighted by atomic mass is 10.1. The van der Waals surface area contributed by atoms with Crippen molar-refractivity contribution < 1.29 is 9.59 Å². The molecule has 5 heteroatoms. The van der Waals surface area contributed by atoms with Gasteiger partial charge in [0.1, 0.15) is 0 Å². The van der Waals surface area contributed by atoms with Gasteiger partial charge in [0.05, 0.1) is 0 Å². The maximum absolute atomic E-state index is 12.8. The fourth-order valence-electron chi connectivity index (χ4n) is 3.69. The van der Waals surface area contributed by atoms with E-state index in [0.29, 0.717) is 11.6 Å². The van der Waals surface area contributed by atoms with Crippen molar-refractivity contribution in [3.63, 3.8) is 0 Å². The highest BCUT2D eigenvalue weighted by Gasteiger charge is 2.25. The van der Waals surface area contributed by atoms with Crippen molar-refractivity contribution in [3.8, 4) is 5.69 Å². The molecule has 0 saturated carbocycles. The number of likely N-dealkylation sites (N-methyl/N-ethyl adjacent to an activating group) is 1. The van der Waals surface area contributed by atoms with Gasteiger partial charge in [-0.25, -0.2) is 0 Å². The van der Waals surface area contributed by atoms with Crippen molar-refractivity contribution in [2.24, 2.45) is 0 Å². The summed E-state index contributed by atoms with van der Waals surface area (Å²) in [5.74, 6) is 0.155. The molecular formula is C21H27N3O2. The molecule has 138 valence electrons. The van der Waals surface area contributed by atoms with Crippen LogP contribution in [0.25, 0.3) is 5.69 Å². The summed E-state index contributed by atoms with van der Waals surface area (Å²) < 4.78 is 2.06. The number of hydrogen-bond acceptors (Lipinski definition) is 3. The van der Waals surface area contributed by atoms with Gasteiger partial charge in [-0.1, -0.05) is 0 Å². The first-order valence-electron chi connectivity index (χ1n) is 9.09. The van der Waals surface area contributed by atoms with Gasteiger partial charge in [0.25, 0.3) is 5.91 Å². The van der Waals surface area contributed by atoms with E-state index in [1.165, 1.54) is 0 Å². The van der Waals surface area contributed by atoms with Gasteiger partial charge >= 0.3 is 0 Å². The van der Waals surface area contributed by atoms with Crippen molar-refractivity contribution in [1.29, 1.82) is 0 Å². The number of piperazine rings is 1. The lowest BCUT2D eigenvalue weighted by molar-refractivity contribution is 0.0572. The molecule has 1 fully saturated rings. The summed E-state index contributed by atoms with van der Waals surface area (Å²) in [7, 11) is 2.10. The third-order valence-electron chi connectivity index (χ3n) is 5.43. The topological polar surface area (TPSA) is 45.6 Å². The fraction of sp³-hybridized carbons (Fsp3) is 0.429. The minimum Gasteiger partial charge on any atom is -0.336 e. The molecule has 26 heavy (non-hydrogen) atoms. The van der Waals surface area contributed by atoms with E-state index >= 15 is 0 Å². The maximum Gasteiger partial charge on any atom is 0.253 e. The molecule has 5 nitrogen and oxygen atoms in total.